The van der Waals surface area contributed by atoms with E-state index in [-0.39, 0.29) is 16.2 Å². The Labute approximate surface area is 119 Å². The fraction of sp³-hybridized carbons (Fsp3) is 0.722. The smallest absolute Gasteiger partial charge is 0.0497 e. The summed E-state index contributed by atoms with van der Waals surface area (Å²) < 4.78 is 0. The van der Waals surface area contributed by atoms with E-state index in [4.69, 9.17) is 4.98 Å². The van der Waals surface area contributed by atoms with Crippen LogP contribution in [0, 0.1) is 6.92 Å². The molecule has 1 rings (SSSR count). The largest absolute Gasteiger partial charge is 0.260 e. The van der Waals surface area contributed by atoms with Gasteiger partial charge in [0, 0.05) is 17.3 Å². The molecule has 1 aromatic rings. The van der Waals surface area contributed by atoms with Crippen LogP contribution in [0.5, 0.6) is 0 Å². The lowest BCUT2D eigenvalue weighted by Crippen LogP contribution is -2.30. The highest BCUT2D eigenvalue weighted by molar-refractivity contribution is 5.46. The third-order valence-corrected chi connectivity index (χ3v) is 3.48. The van der Waals surface area contributed by atoms with Crippen LogP contribution >= 0.6 is 0 Å². The van der Waals surface area contributed by atoms with Gasteiger partial charge in [-0.25, -0.2) is 0 Å². The van der Waals surface area contributed by atoms with Crippen LogP contribution in [0.1, 0.15) is 84.7 Å². The Morgan fingerprint density at radius 1 is 0.684 bits per heavy atom. The third kappa shape index (κ3) is 3.38. The molecule has 0 fully saturated rings. The molecule has 108 valence electrons. The van der Waals surface area contributed by atoms with Gasteiger partial charge in [0.25, 0.3) is 0 Å². The molecule has 19 heavy (non-hydrogen) atoms. The molecular formula is C18H31N. The number of hydrogen-bond acceptors (Lipinski definition) is 1. The van der Waals surface area contributed by atoms with Crippen molar-refractivity contribution in [3.8, 4) is 0 Å². The minimum absolute atomic E-state index is 0.0797. The molecule has 0 N–H and O–H groups in total. The molecule has 1 heteroatoms. The molecule has 1 heterocycles. The minimum Gasteiger partial charge on any atom is -0.260 e. The second-order valence-corrected chi connectivity index (χ2v) is 8.79. The zero-order valence-electron chi connectivity index (χ0n) is 14.5. The van der Waals surface area contributed by atoms with Gasteiger partial charge in [-0.3, -0.25) is 4.98 Å². The lowest BCUT2D eigenvalue weighted by molar-refractivity contribution is 0.483. The monoisotopic (exact) mass is 261 g/mol. The standard InChI is InChI=1S/C18H31N/c1-12-11-19-15(18(8,9)10)14(17(5,6)7)13(12)16(2,3)4/h11H,1-10H3. The molecule has 0 saturated carbocycles. The summed E-state index contributed by atoms with van der Waals surface area (Å²) in [7, 11) is 0. The predicted octanol–water partition coefficient (Wildman–Crippen LogP) is 5.28. The molecule has 0 unspecified atom stereocenters. The zero-order chi connectivity index (χ0) is 15.2. The molecule has 0 bridgehead atoms. The van der Waals surface area contributed by atoms with Crippen LogP contribution < -0.4 is 0 Å². The molecule has 0 spiro atoms. The first-order chi connectivity index (χ1) is 8.26. The molecule has 1 aromatic heterocycles. The number of aryl methyl sites for hydroxylation is 1. The van der Waals surface area contributed by atoms with Gasteiger partial charge in [-0.15, -0.1) is 0 Å². The first-order valence-corrected chi connectivity index (χ1v) is 7.27. The summed E-state index contributed by atoms with van der Waals surface area (Å²) in [5.74, 6) is 0. The SMILES string of the molecule is Cc1cnc(C(C)(C)C)c(C(C)(C)C)c1C(C)(C)C. The maximum Gasteiger partial charge on any atom is 0.0497 e. The topological polar surface area (TPSA) is 12.9 Å². The summed E-state index contributed by atoms with van der Waals surface area (Å²) in [6.45, 7) is 22.8. The van der Waals surface area contributed by atoms with E-state index in [1.54, 1.807) is 0 Å². The lowest BCUT2D eigenvalue weighted by Gasteiger charge is -2.36. The molecule has 0 aliphatic carbocycles. The zero-order valence-corrected chi connectivity index (χ0v) is 14.5. The van der Waals surface area contributed by atoms with E-state index in [2.05, 4.69) is 75.4 Å². The van der Waals surface area contributed by atoms with Crippen molar-refractivity contribution in [1.82, 2.24) is 4.98 Å². The highest BCUT2D eigenvalue weighted by Crippen LogP contribution is 2.40. The average Bonchev–Trinajstić information content (AvgIpc) is 2.11. The lowest BCUT2D eigenvalue weighted by atomic mass is 9.70. The summed E-state index contributed by atoms with van der Waals surface area (Å²) >= 11 is 0. The molecule has 1 nitrogen and oxygen atoms in total. The minimum atomic E-state index is 0.0797. The van der Waals surface area contributed by atoms with Gasteiger partial charge >= 0.3 is 0 Å². The van der Waals surface area contributed by atoms with E-state index in [0.717, 1.165) is 0 Å². The van der Waals surface area contributed by atoms with E-state index in [1.807, 2.05) is 0 Å². The van der Waals surface area contributed by atoms with Crippen molar-refractivity contribution in [1.29, 1.82) is 0 Å². The second-order valence-electron chi connectivity index (χ2n) is 8.79. The number of rotatable bonds is 0. The van der Waals surface area contributed by atoms with Crippen molar-refractivity contribution in [2.75, 3.05) is 0 Å². The van der Waals surface area contributed by atoms with Gasteiger partial charge in [0.05, 0.1) is 0 Å². The van der Waals surface area contributed by atoms with E-state index in [0.29, 0.717) is 0 Å². The summed E-state index contributed by atoms with van der Waals surface area (Å²) in [6.07, 6.45) is 2.05. The van der Waals surface area contributed by atoms with Gasteiger partial charge in [-0.2, -0.15) is 0 Å². The molecule has 0 amide bonds. The number of pyridine rings is 1. The summed E-state index contributed by atoms with van der Waals surface area (Å²) in [5.41, 5.74) is 5.81. The van der Waals surface area contributed by atoms with Crippen molar-refractivity contribution in [2.24, 2.45) is 0 Å². The highest BCUT2D eigenvalue weighted by atomic mass is 14.7. The summed E-state index contributed by atoms with van der Waals surface area (Å²) in [5, 5.41) is 0. The van der Waals surface area contributed by atoms with Gasteiger partial charge in [-0.05, 0) is 34.4 Å². The molecule has 0 aliphatic heterocycles. The highest BCUT2D eigenvalue weighted by Gasteiger charge is 2.33. The molecule has 0 radical (unpaired) electrons. The second kappa shape index (κ2) is 4.61. The summed E-state index contributed by atoms with van der Waals surface area (Å²) in [4.78, 5) is 4.79. The Hall–Kier alpha value is -0.850. The summed E-state index contributed by atoms with van der Waals surface area (Å²) in [6, 6.07) is 0. The molecule has 0 atom stereocenters. The fourth-order valence-electron chi connectivity index (χ4n) is 2.87. The van der Waals surface area contributed by atoms with Gasteiger partial charge in [-0.1, -0.05) is 62.3 Å². The van der Waals surface area contributed by atoms with Crippen LogP contribution in [-0.2, 0) is 16.2 Å². The van der Waals surface area contributed by atoms with Crippen LogP contribution in [-0.4, -0.2) is 4.98 Å². The Kier molecular flexibility index (Phi) is 3.93. The molecule has 0 aliphatic rings. The predicted molar refractivity (Wildman–Crippen MR) is 85.1 cm³/mol. The van der Waals surface area contributed by atoms with E-state index >= 15 is 0 Å². The number of aromatic nitrogens is 1. The first-order valence-electron chi connectivity index (χ1n) is 7.27. The van der Waals surface area contributed by atoms with Gasteiger partial charge in [0.1, 0.15) is 0 Å². The van der Waals surface area contributed by atoms with Gasteiger partial charge in [0.2, 0.25) is 0 Å². The van der Waals surface area contributed by atoms with Crippen LogP contribution in [0.25, 0.3) is 0 Å². The third-order valence-electron chi connectivity index (χ3n) is 3.48. The number of hydrogen-bond donors (Lipinski definition) is 0. The van der Waals surface area contributed by atoms with Crippen molar-refractivity contribution in [3.63, 3.8) is 0 Å². The molecular weight excluding hydrogens is 230 g/mol. The van der Waals surface area contributed by atoms with E-state index in [9.17, 15) is 0 Å². The van der Waals surface area contributed by atoms with Crippen molar-refractivity contribution >= 4 is 0 Å². The van der Waals surface area contributed by atoms with Gasteiger partial charge < -0.3 is 0 Å². The van der Waals surface area contributed by atoms with Gasteiger partial charge in [0.15, 0.2) is 0 Å². The maximum atomic E-state index is 4.79. The normalized spacial score (nSPS) is 13.8. The quantitative estimate of drug-likeness (QED) is 0.619. The van der Waals surface area contributed by atoms with Crippen molar-refractivity contribution < 1.29 is 0 Å². The Morgan fingerprint density at radius 3 is 1.42 bits per heavy atom. The average molecular weight is 261 g/mol. The first kappa shape index (κ1) is 16.2. The molecule has 0 aromatic carbocycles. The Balaban J connectivity index is 3.82. The van der Waals surface area contributed by atoms with E-state index in [1.165, 1.54) is 22.4 Å². The van der Waals surface area contributed by atoms with Crippen molar-refractivity contribution in [3.05, 3.63) is 28.6 Å². The van der Waals surface area contributed by atoms with Crippen LogP contribution in [0.4, 0.5) is 0 Å². The van der Waals surface area contributed by atoms with Crippen LogP contribution in [0.2, 0.25) is 0 Å². The Bertz CT molecular complexity index is 462. The van der Waals surface area contributed by atoms with E-state index < -0.39 is 0 Å². The van der Waals surface area contributed by atoms with Crippen molar-refractivity contribution in [2.45, 2.75) is 85.5 Å². The fourth-order valence-corrected chi connectivity index (χ4v) is 2.87. The maximum absolute atomic E-state index is 4.79. The Morgan fingerprint density at radius 2 is 1.11 bits per heavy atom. The molecule has 0 saturated heterocycles. The van der Waals surface area contributed by atoms with Crippen LogP contribution in [0.15, 0.2) is 6.20 Å². The number of nitrogens with zero attached hydrogens (tertiary/aromatic N) is 1. The van der Waals surface area contributed by atoms with Crippen LogP contribution in [0.3, 0.4) is 0 Å².